The minimum Gasteiger partial charge on any atom is -0.493 e. The van der Waals surface area contributed by atoms with Gasteiger partial charge in [-0.25, -0.2) is 0 Å². The average Bonchev–Trinajstić information content (AvgIpc) is 2.65. The molecule has 0 bridgehead atoms. The first kappa shape index (κ1) is 19.1. The third kappa shape index (κ3) is 5.38. The molecule has 0 fully saturated rings. The van der Waals surface area contributed by atoms with E-state index in [1.165, 1.54) is 6.08 Å². The zero-order chi connectivity index (χ0) is 18.9. The normalized spacial score (nSPS) is 11.0. The maximum atomic E-state index is 12.3. The van der Waals surface area contributed by atoms with Crippen LogP contribution >= 0.6 is 0 Å². The van der Waals surface area contributed by atoms with Crippen molar-refractivity contribution >= 4 is 12.0 Å². The van der Waals surface area contributed by atoms with Gasteiger partial charge in [0.05, 0.1) is 13.2 Å². The summed E-state index contributed by atoms with van der Waals surface area (Å²) < 4.78 is 11.0. The lowest BCUT2D eigenvalue weighted by atomic mass is 10.1. The van der Waals surface area contributed by atoms with Crippen molar-refractivity contribution in [2.75, 3.05) is 7.11 Å². The van der Waals surface area contributed by atoms with Crippen LogP contribution in [0.15, 0.2) is 54.1 Å². The van der Waals surface area contributed by atoms with Crippen LogP contribution in [0.3, 0.4) is 0 Å². The number of hydrogen-bond acceptors (Lipinski definition) is 4. The van der Waals surface area contributed by atoms with Gasteiger partial charge in [0, 0.05) is 6.54 Å². The lowest BCUT2D eigenvalue weighted by molar-refractivity contribution is -0.117. The lowest BCUT2D eigenvalue weighted by Crippen LogP contribution is -2.23. The van der Waals surface area contributed by atoms with Gasteiger partial charge in [-0.3, -0.25) is 4.79 Å². The second-order valence-corrected chi connectivity index (χ2v) is 5.91. The van der Waals surface area contributed by atoms with Gasteiger partial charge in [0.25, 0.3) is 5.91 Å². The molecular weight excluding hydrogens is 328 g/mol. The number of nitriles is 1. The molecule has 0 radical (unpaired) electrons. The predicted molar refractivity (Wildman–Crippen MR) is 101 cm³/mol. The van der Waals surface area contributed by atoms with Crippen LogP contribution in [-0.4, -0.2) is 19.1 Å². The summed E-state index contributed by atoms with van der Waals surface area (Å²) in [5.41, 5.74) is 1.68. The number of hydrogen-bond donors (Lipinski definition) is 1. The van der Waals surface area contributed by atoms with E-state index in [4.69, 9.17) is 9.47 Å². The molecule has 2 aromatic rings. The monoisotopic (exact) mass is 350 g/mol. The molecule has 0 aromatic heterocycles. The van der Waals surface area contributed by atoms with Crippen molar-refractivity contribution in [1.82, 2.24) is 5.32 Å². The Balaban J connectivity index is 2.14. The van der Waals surface area contributed by atoms with Gasteiger partial charge in [0.1, 0.15) is 11.6 Å². The number of nitrogens with zero attached hydrogens (tertiary/aromatic N) is 1. The Morgan fingerprint density at radius 1 is 1.19 bits per heavy atom. The number of carbonyl (C=O) groups is 1. The van der Waals surface area contributed by atoms with Crippen LogP contribution in [0.2, 0.25) is 0 Å². The fourth-order valence-corrected chi connectivity index (χ4v) is 2.31. The first-order valence-electron chi connectivity index (χ1n) is 8.32. The molecule has 26 heavy (non-hydrogen) atoms. The summed E-state index contributed by atoms with van der Waals surface area (Å²) in [7, 11) is 1.55. The van der Waals surface area contributed by atoms with Crippen molar-refractivity contribution < 1.29 is 14.3 Å². The van der Waals surface area contributed by atoms with Crippen molar-refractivity contribution in [2.45, 2.75) is 26.5 Å². The topological polar surface area (TPSA) is 71.3 Å². The molecule has 2 aromatic carbocycles. The van der Waals surface area contributed by atoms with E-state index in [2.05, 4.69) is 5.32 Å². The third-order valence-electron chi connectivity index (χ3n) is 3.52. The number of nitrogens with one attached hydrogen (secondary N) is 1. The highest BCUT2D eigenvalue weighted by Gasteiger charge is 2.11. The van der Waals surface area contributed by atoms with Crippen LogP contribution in [-0.2, 0) is 11.3 Å². The van der Waals surface area contributed by atoms with Crippen LogP contribution in [0.4, 0.5) is 0 Å². The van der Waals surface area contributed by atoms with E-state index >= 15 is 0 Å². The molecule has 5 nitrogen and oxygen atoms in total. The van der Waals surface area contributed by atoms with Crippen LogP contribution in [0.25, 0.3) is 6.08 Å². The molecular formula is C21H22N2O3. The minimum atomic E-state index is -0.419. The highest BCUT2D eigenvalue weighted by Crippen LogP contribution is 2.29. The Hall–Kier alpha value is -3.26. The summed E-state index contributed by atoms with van der Waals surface area (Å²) in [6.07, 6.45) is 1.55. The zero-order valence-electron chi connectivity index (χ0n) is 15.2. The molecule has 0 spiro atoms. The maximum absolute atomic E-state index is 12.3. The number of methoxy groups -OCH3 is 1. The Bertz CT molecular complexity index is 821. The molecule has 0 saturated heterocycles. The summed E-state index contributed by atoms with van der Waals surface area (Å²) in [5, 5.41) is 12.1. The molecule has 0 atom stereocenters. The molecule has 1 amide bonds. The van der Waals surface area contributed by atoms with E-state index in [-0.39, 0.29) is 11.7 Å². The number of ether oxygens (including phenoxy) is 2. The average molecular weight is 350 g/mol. The summed E-state index contributed by atoms with van der Waals surface area (Å²) >= 11 is 0. The molecule has 2 rings (SSSR count). The van der Waals surface area contributed by atoms with Crippen LogP contribution < -0.4 is 14.8 Å². The summed E-state index contributed by atoms with van der Waals surface area (Å²) in [5.74, 6) is 0.749. The molecule has 0 aliphatic rings. The molecule has 0 aliphatic heterocycles. The van der Waals surface area contributed by atoms with Crippen LogP contribution in [0.1, 0.15) is 25.0 Å². The first-order valence-corrected chi connectivity index (χ1v) is 8.32. The maximum Gasteiger partial charge on any atom is 0.262 e. The van der Waals surface area contributed by atoms with Crippen molar-refractivity contribution in [3.05, 3.63) is 65.2 Å². The molecule has 134 valence electrons. The highest BCUT2D eigenvalue weighted by molar-refractivity contribution is 6.01. The Morgan fingerprint density at radius 2 is 1.92 bits per heavy atom. The van der Waals surface area contributed by atoms with Gasteiger partial charge in [-0.05, 0) is 43.2 Å². The number of benzene rings is 2. The van der Waals surface area contributed by atoms with E-state index in [0.717, 1.165) is 5.56 Å². The summed E-state index contributed by atoms with van der Waals surface area (Å²) in [6.45, 7) is 4.22. The first-order chi connectivity index (χ1) is 12.5. The zero-order valence-corrected chi connectivity index (χ0v) is 15.2. The SMILES string of the molecule is COc1cc(/C=C(\C#N)C(=O)NCc2ccccc2)ccc1OC(C)C. The van der Waals surface area contributed by atoms with E-state index in [1.807, 2.05) is 50.2 Å². The lowest BCUT2D eigenvalue weighted by Gasteiger charge is -2.13. The van der Waals surface area contributed by atoms with Crippen LogP contribution in [0.5, 0.6) is 11.5 Å². The van der Waals surface area contributed by atoms with Gasteiger partial charge in [-0.15, -0.1) is 0 Å². The standard InChI is InChI=1S/C21H22N2O3/c1-15(2)26-19-10-9-17(12-20(19)25-3)11-18(13-22)21(24)23-14-16-7-5-4-6-8-16/h4-12,15H,14H2,1-3H3,(H,23,24)/b18-11+. The quantitative estimate of drug-likeness (QED) is 0.610. The van der Waals surface area contributed by atoms with Gasteiger partial charge < -0.3 is 14.8 Å². The van der Waals surface area contributed by atoms with Gasteiger partial charge >= 0.3 is 0 Å². The minimum absolute atomic E-state index is 0.0173. The molecule has 0 unspecified atom stereocenters. The molecule has 5 heteroatoms. The van der Waals surface area contributed by atoms with E-state index < -0.39 is 5.91 Å². The Kier molecular flexibility index (Phi) is 6.81. The number of rotatable bonds is 7. The van der Waals surface area contributed by atoms with Gasteiger partial charge in [0.2, 0.25) is 0 Å². The van der Waals surface area contributed by atoms with E-state index in [1.54, 1.807) is 25.3 Å². The second-order valence-electron chi connectivity index (χ2n) is 5.91. The van der Waals surface area contributed by atoms with Crippen molar-refractivity contribution in [3.63, 3.8) is 0 Å². The van der Waals surface area contributed by atoms with Gasteiger partial charge in [0.15, 0.2) is 11.5 Å². The predicted octanol–water partition coefficient (Wildman–Crippen LogP) is 3.71. The molecule has 0 aliphatic carbocycles. The highest BCUT2D eigenvalue weighted by atomic mass is 16.5. The largest absolute Gasteiger partial charge is 0.493 e. The molecule has 0 heterocycles. The van der Waals surface area contributed by atoms with Gasteiger partial charge in [-0.2, -0.15) is 5.26 Å². The molecule has 0 saturated carbocycles. The van der Waals surface area contributed by atoms with Crippen molar-refractivity contribution in [1.29, 1.82) is 5.26 Å². The Labute approximate surface area is 153 Å². The fourth-order valence-electron chi connectivity index (χ4n) is 2.31. The molecule has 1 N–H and O–H groups in total. The summed E-state index contributed by atoms with van der Waals surface area (Å²) in [6, 6.07) is 16.8. The van der Waals surface area contributed by atoms with Crippen molar-refractivity contribution in [3.8, 4) is 17.6 Å². The van der Waals surface area contributed by atoms with Gasteiger partial charge in [-0.1, -0.05) is 36.4 Å². The fraction of sp³-hybridized carbons (Fsp3) is 0.238. The van der Waals surface area contributed by atoms with E-state index in [0.29, 0.717) is 23.6 Å². The third-order valence-corrected chi connectivity index (χ3v) is 3.52. The van der Waals surface area contributed by atoms with E-state index in [9.17, 15) is 10.1 Å². The number of carbonyl (C=O) groups excluding carboxylic acids is 1. The van der Waals surface area contributed by atoms with Crippen molar-refractivity contribution in [2.24, 2.45) is 0 Å². The van der Waals surface area contributed by atoms with Crippen LogP contribution in [0, 0.1) is 11.3 Å². The second kappa shape index (κ2) is 9.28. The Morgan fingerprint density at radius 3 is 2.54 bits per heavy atom. The smallest absolute Gasteiger partial charge is 0.262 e. The summed E-state index contributed by atoms with van der Waals surface area (Å²) in [4.78, 5) is 12.3. The number of amides is 1.